The van der Waals surface area contributed by atoms with Gasteiger partial charge in [0.1, 0.15) is 0 Å². The summed E-state index contributed by atoms with van der Waals surface area (Å²) in [5.41, 5.74) is 2.98. The Labute approximate surface area is 161 Å². The predicted octanol–water partition coefficient (Wildman–Crippen LogP) is 4.55. The summed E-state index contributed by atoms with van der Waals surface area (Å²) >= 11 is 7.30. The van der Waals surface area contributed by atoms with Gasteiger partial charge >= 0.3 is 5.97 Å². The van der Waals surface area contributed by atoms with Crippen molar-refractivity contribution in [3.63, 3.8) is 0 Å². The van der Waals surface area contributed by atoms with Gasteiger partial charge in [-0.15, -0.1) is 10.2 Å². The van der Waals surface area contributed by atoms with Crippen molar-refractivity contribution in [2.24, 2.45) is 0 Å². The minimum absolute atomic E-state index is 0.179. The van der Waals surface area contributed by atoms with E-state index in [4.69, 9.17) is 16.3 Å². The SMILES string of the molecule is CCOC(=O)CSc1nnc(-c2ccc(Cl)cc2)n1-c1ccc(C)cc1. The third-order valence-electron chi connectivity index (χ3n) is 3.65. The van der Waals surface area contributed by atoms with E-state index in [0.717, 1.165) is 16.8 Å². The fourth-order valence-corrected chi connectivity index (χ4v) is 3.28. The maximum atomic E-state index is 11.7. The predicted molar refractivity (Wildman–Crippen MR) is 104 cm³/mol. The molecule has 2 aromatic carbocycles. The lowest BCUT2D eigenvalue weighted by atomic mass is 10.2. The molecule has 0 saturated heterocycles. The summed E-state index contributed by atoms with van der Waals surface area (Å²) in [5.74, 6) is 0.596. The van der Waals surface area contributed by atoms with Gasteiger partial charge in [0.25, 0.3) is 0 Å². The van der Waals surface area contributed by atoms with Crippen molar-refractivity contribution in [3.8, 4) is 17.1 Å². The first kappa shape index (κ1) is 18.5. The zero-order chi connectivity index (χ0) is 18.5. The van der Waals surface area contributed by atoms with E-state index in [1.165, 1.54) is 11.8 Å². The van der Waals surface area contributed by atoms with E-state index < -0.39 is 0 Å². The number of esters is 1. The van der Waals surface area contributed by atoms with Gasteiger partial charge in [-0.2, -0.15) is 0 Å². The molecule has 0 atom stereocenters. The lowest BCUT2D eigenvalue weighted by Gasteiger charge is -2.10. The van der Waals surface area contributed by atoms with Crippen LogP contribution in [0.2, 0.25) is 5.02 Å². The molecule has 0 aliphatic rings. The maximum Gasteiger partial charge on any atom is 0.316 e. The zero-order valence-electron chi connectivity index (χ0n) is 14.5. The van der Waals surface area contributed by atoms with Crippen LogP contribution >= 0.6 is 23.4 Å². The van der Waals surface area contributed by atoms with Gasteiger partial charge in [0.2, 0.25) is 0 Å². The third-order valence-corrected chi connectivity index (χ3v) is 4.81. The quantitative estimate of drug-likeness (QED) is 0.458. The van der Waals surface area contributed by atoms with Crippen LogP contribution in [0.5, 0.6) is 0 Å². The topological polar surface area (TPSA) is 57.0 Å². The van der Waals surface area contributed by atoms with E-state index in [1.807, 2.05) is 60.0 Å². The molecule has 5 nitrogen and oxygen atoms in total. The van der Waals surface area contributed by atoms with E-state index in [2.05, 4.69) is 10.2 Å². The maximum absolute atomic E-state index is 11.7. The molecular weight excluding hydrogens is 370 g/mol. The average Bonchev–Trinajstić information content (AvgIpc) is 3.05. The number of carbonyl (C=O) groups excluding carboxylic acids is 1. The molecule has 134 valence electrons. The van der Waals surface area contributed by atoms with E-state index in [9.17, 15) is 4.79 Å². The molecule has 0 bridgehead atoms. The first-order chi connectivity index (χ1) is 12.6. The number of rotatable bonds is 6. The molecule has 0 amide bonds. The Hall–Kier alpha value is -2.31. The molecule has 26 heavy (non-hydrogen) atoms. The van der Waals surface area contributed by atoms with Crippen LogP contribution in [0.3, 0.4) is 0 Å². The van der Waals surface area contributed by atoms with E-state index >= 15 is 0 Å². The Bertz CT molecular complexity index is 892. The summed E-state index contributed by atoms with van der Waals surface area (Å²) in [6.07, 6.45) is 0. The molecule has 0 fully saturated rings. The molecule has 1 aromatic heterocycles. The molecule has 3 rings (SSSR count). The molecular formula is C19H18ClN3O2S. The minimum Gasteiger partial charge on any atom is -0.465 e. The molecule has 0 spiro atoms. The number of thioether (sulfide) groups is 1. The van der Waals surface area contributed by atoms with Crippen LogP contribution in [0.1, 0.15) is 12.5 Å². The number of hydrogen-bond acceptors (Lipinski definition) is 5. The Morgan fingerprint density at radius 1 is 1.12 bits per heavy atom. The average molecular weight is 388 g/mol. The van der Waals surface area contributed by atoms with Crippen molar-refractivity contribution in [3.05, 3.63) is 59.1 Å². The highest BCUT2D eigenvalue weighted by atomic mass is 35.5. The molecule has 3 aromatic rings. The highest BCUT2D eigenvalue weighted by Crippen LogP contribution is 2.28. The van der Waals surface area contributed by atoms with Crippen molar-refractivity contribution in [2.75, 3.05) is 12.4 Å². The van der Waals surface area contributed by atoms with Crippen molar-refractivity contribution < 1.29 is 9.53 Å². The fourth-order valence-electron chi connectivity index (χ4n) is 2.40. The lowest BCUT2D eigenvalue weighted by Crippen LogP contribution is -2.08. The number of hydrogen-bond donors (Lipinski definition) is 0. The van der Waals surface area contributed by atoms with E-state index in [-0.39, 0.29) is 11.7 Å². The van der Waals surface area contributed by atoms with Gasteiger partial charge < -0.3 is 4.74 Å². The molecule has 0 aliphatic heterocycles. The summed E-state index contributed by atoms with van der Waals surface area (Å²) in [6, 6.07) is 15.5. The van der Waals surface area contributed by atoms with E-state index in [0.29, 0.717) is 22.6 Å². The van der Waals surface area contributed by atoms with Gasteiger partial charge in [0.05, 0.1) is 12.4 Å². The second-order valence-corrected chi connectivity index (χ2v) is 6.96. The van der Waals surface area contributed by atoms with Gasteiger partial charge in [0.15, 0.2) is 11.0 Å². The van der Waals surface area contributed by atoms with Crippen molar-refractivity contribution in [1.29, 1.82) is 0 Å². The van der Waals surface area contributed by atoms with Crippen LogP contribution in [0, 0.1) is 6.92 Å². The van der Waals surface area contributed by atoms with Gasteiger partial charge in [-0.25, -0.2) is 0 Å². The first-order valence-electron chi connectivity index (χ1n) is 8.15. The highest BCUT2D eigenvalue weighted by Gasteiger charge is 2.17. The standard InChI is InChI=1S/C19H18ClN3O2S/c1-3-25-17(24)12-26-19-22-21-18(14-6-8-15(20)9-7-14)23(19)16-10-4-13(2)5-11-16/h4-11H,3,12H2,1-2H3. The van der Waals surface area contributed by atoms with Crippen molar-refractivity contribution >= 4 is 29.3 Å². The third kappa shape index (κ3) is 4.26. The second-order valence-electron chi connectivity index (χ2n) is 5.58. The minimum atomic E-state index is -0.274. The van der Waals surface area contributed by atoms with Gasteiger partial charge in [-0.3, -0.25) is 9.36 Å². The smallest absolute Gasteiger partial charge is 0.316 e. The summed E-state index contributed by atoms with van der Waals surface area (Å²) in [7, 11) is 0. The molecule has 0 unspecified atom stereocenters. The summed E-state index contributed by atoms with van der Waals surface area (Å²) in [4.78, 5) is 11.7. The second kappa shape index (κ2) is 8.38. The number of aryl methyl sites for hydroxylation is 1. The van der Waals surface area contributed by atoms with Crippen LogP contribution in [0.25, 0.3) is 17.1 Å². The Morgan fingerprint density at radius 2 is 1.81 bits per heavy atom. The number of benzene rings is 2. The fraction of sp³-hybridized carbons (Fsp3) is 0.211. The van der Waals surface area contributed by atoms with Crippen LogP contribution in [-0.4, -0.2) is 33.1 Å². The van der Waals surface area contributed by atoms with Gasteiger partial charge in [-0.1, -0.05) is 41.1 Å². The summed E-state index contributed by atoms with van der Waals surface area (Å²) < 4.78 is 6.93. The monoisotopic (exact) mass is 387 g/mol. The van der Waals surface area contributed by atoms with Gasteiger partial charge in [0, 0.05) is 16.3 Å². The van der Waals surface area contributed by atoms with Crippen molar-refractivity contribution in [1.82, 2.24) is 14.8 Å². The number of carbonyl (C=O) groups is 1. The van der Waals surface area contributed by atoms with Crippen LogP contribution in [0.4, 0.5) is 0 Å². The van der Waals surface area contributed by atoms with Gasteiger partial charge in [-0.05, 0) is 50.2 Å². The largest absolute Gasteiger partial charge is 0.465 e. The lowest BCUT2D eigenvalue weighted by molar-refractivity contribution is -0.139. The Balaban J connectivity index is 2.00. The molecule has 0 N–H and O–H groups in total. The normalized spacial score (nSPS) is 10.7. The number of halogens is 1. The Morgan fingerprint density at radius 3 is 2.46 bits per heavy atom. The van der Waals surface area contributed by atoms with E-state index in [1.54, 1.807) is 6.92 Å². The molecule has 0 aliphatic carbocycles. The van der Waals surface area contributed by atoms with Crippen LogP contribution in [-0.2, 0) is 9.53 Å². The molecule has 0 saturated carbocycles. The summed E-state index contributed by atoms with van der Waals surface area (Å²) in [6.45, 7) is 4.18. The van der Waals surface area contributed by atoms with Crippen molar-refractivity contribution in [2.45, 2.75) is 19.0 Å². The summed E-state index contributed by atoms with van der Waals surface area (Å²) in [5, 5.41) is 9.91. The molecule has 7 heteroatoms. The number of nitrogens with zero attached hydrogens (tertiary/aromatic N) is 3. The number of aromatic nitrogens is 3. The Kier molecular flexibility index (Phi) is 5.96. The van der Waals surface area contributed by atoms with Crippen LogP contribution < -0.4 is 0 Å². The highest BCUT2D eigenvalue weighted by molar-refractivity contribution is 7.99. The number of ether oxygens (including phenoxy) is 1. The first-order valence-corrected chi connectivity index (χ1v) is 9.51. The molecule has 0 radical (unpaired) electrons. The van der Waals surface area contributed by atoms with Crippen LogP contribution in [0.15, 0.2) is 53.7 Å². The molecule has 1 heterocycles. The zero-order valence-corrected chi connectivity index (χ0v) is 16.0.